The smallest absolute Gasteiger partial charge is 0.220 e. The van der Waals surface area contributed by atoms with Gasteiger partial charge in [0, 0.05) is 4.90 Å². The first-order valence-corrected chi connectivity index (χ1v) is 6.47. The Labute approximate surface area is 120 Å². The van der Waals surface area contributed by atoms with Crippen LogP contribution in [0.4, 0.5) is 13.2 Å². The highest BCUT2D eigenvalue weighted by Crippen LogP contribution is 2.29. The Morgan fingerprint density at radius 3 is 2.40 bits per heavy atom. The van der Waals surface area contributed by atoms with Crippen LogP contribution in [0.25, 0.3) is 5.69 Å². The highest BCUT2D eigenvalue weighted by molar-refractivity contribution is 7.80. The minimum atomic E-state index is -4.54. The fourth-order valence-corrected chi connectivity index (χ4v) is 2.37. The molecule has 7 heteroatoms. The topological polar surface area (TPSA) is 30.7 Å². The van der Waals surface area contributed by atoms with Gasteiger partial charge in [-0.05, 0) is 30.0 Å². The minimum Gasteiger partial charge on any atom is -0.220 e. The van der Waals surface area contributed by atoms with Gasteiger partial charge in [-0.1, -0.05) is 19.9 Å². The maximum Gasteiger partial charge on any atom is 0.453 e. The van der Waals surface area contributed by atoms with Gasteiger partial charge in [-0.15, -0.1) is 17.7 Å². The van der Waals surface area contributed by atoms with Gasteiger partial charge in [0.15, 0.2) is 0 Å². The van der Waals surface area contributed by atoms with E-state index in [1.165, 1.54) is 0 Å². The molecule has 0 radical (unpaired) electrons. The standard InChI is InChI=1S/C13H14F3N3S/c1-7(2)9-4-8(3)10(5-11(9)20)19-6-17-12(18-19)13(14,15)16/h4-7,20H,1-3H3. The second-order valence-electron chi connectivity index (χ2n) is 4.86. The van der Waals surface area contributed by atoms with Crippen LogP contribution in [0, 0.1) is 6.92 Å². The zero-order chi connectivity index (χ0) is 15.1. The molecule has 2 aromatic rings. The molecule has 1 aromatic carbocycles. The third-order valence-electron chi connectivity index (χ3n) is 2.96. The number of benzene rings is 1. The van der Waals surface area contributed by atoms with E-state index < -0.39 is 12.0 Å². The first kappa shape index (κ1) is 14.9. The Balaban J connectivity index is 2.48. The van der Waals surface area contributed by atoms with Crippen molar-refractivity contribution in [1.82, 2.24) is 14.8 Å². The average Bonchev–Trinajstić information content (AvgIpc) is 2.80. The van der Waals surface area contributed by atoms with Gasteiger partial charge in [-0.3, -0.25) is 0 Å². The Bertz CT molecular complexity index is 632. The molecule has 0 aliphatic rings. The lowest BCUT2D eigenvalue weighted by Gasteiger charge is -2.13. The lowest BCUT2D eigenvalue weighted by Crippen LogP contribution is -2.09. The molecule has 0 atom stereocenters. The summed E-state index contributed by atoms with van der Waals surface area (Å²) < 4.78 is 38.7. The van der Waals surface area contributed by atoms with E-state index in [2.05, 4.69) is 22.7 Å². The molecule has 20 heavy (non-hydrogen) atoms. The molecule has 1 heterocycles. The summed E-state index contributed by atoms with van der Waals surface area (Å²) in [7, 11) is 0. The third kappa shape index (κ3) is 2.82. The van der Waals surface area contributed by atoms with E-state index in [-0.39, 0.29) is 5.92 Å². The van der Waals surface area contributed by atoms with E-state index in [1.54, 1.807) is 6.07 Å². The van der Waals surface area contributed by atoms with Gasteiger partial charge in [-0.2, -0.15) is 13.2 Å². The van der Waals surface area contributed by atoms with E-state index in [0.717, 1.165) is 27.0 Å². The maximum absolute atomic E-state index is 12.5. The predicted molar refractivity (Wildman–Crippen MR) is 72.4 cm³/mol. The Morgan fingerprint density at radius 1 is 1.25 bits per heavy atom. The molecule has 0 saturated heterocycles. The van der Waals surface area contributed by atoms with Crippen LogP contribution in [-0.4, -0.2) is 14.8 Å². The minimum absolute atomic E-state index is 0.289. The predicted octanol–water partition coefficient (Wildman–Crippen LogP) is 4.01. The van der Waals surface area contributed by atoms with Crippen LogP contribution in [0.2, 0.25) is 0 Å². The lowest BCUT2D eigenvalue weighted by molar-refractivity contribution is -0.144. The summed E-state index contributed by atoms with van der Waals surface area (Å²) in [4.78, 5) is 4.02. The molecular weight excluding hydrogens is 287 g/mol. The van der Waals surface area contributed by atoms with Gasteiger partial charge in [0.2, 0.25) is 0 Å². The van der Waals surface area contributed by atoms with Crippen LogP contribution in [-0.2, 0) is 6.18 Å². The summed E-state index contributed by atoms with van der Waals surface area (Å²) in [5.74, 6) is -0.859. The molecule has 0 amide bonds. The second-order valence-corrected chi connectivity index (χ2v) is 5.34. The quantitative estimate of drug-likeness (QED) is 0.850. The highest BCUT2D eigenvalue weighted by atomic mass is 32.1. The van der Waals surface area contributed by atoms with Crippen molar-refractivity contribution in [3.05, 3.63) is 35.4 Å². The van der Waals surface area contributed by atoms with Crippen molar-refractivity contribution >= 4 is 12.6 Å². The van der Waals surface area contributed by atoms with Crippen LogP contribution in [0.3, 0.4) is 0 Å². The summed E-state index contributed by atoms with van der Waals surface area (Å²) in [6, 6.07) is 3.62. The van der Waals surface area contributed by atoms with Crippen LogP contribution < -0.4 is 0 Å². The Morgan fingerprint density at radius 2 is 1.90 bits per heavy atom. The van der Waals surface area contributed by atoms with Gasteiger partial charge < -0.3 is 0 Å². The molecule has 0 saturated carbocycles. The zero-order valence-electron chi connectivity index (χ0n) is 11.2. The average molecular weight is 301 g/mol. The summed E-state index contributed by atoms with van der Waals surface area (Å²) in [6.07, 6.45) is -3.48. The number of aryl methyl sites for hydroxylation is 1. The molecule has 0 fully saturated rings. The monoisotopic (exact) mass is 301 g/mol. The molecule has 1 aromatic heterocycles. The summed E-state index contributed by atoms with van der Waals surface area (Å²) in [5.41, 5.74) is 2.42. The van der Waals surface area contributed by atoms with E-state index in [0.29, 0.717) is 5.69 Å². The zero-order valence-corrected chi connectivity index (χ0v) is 12.1. The largest absolute Gasteiger partial charge is 0.453 e. The molecule has 2 rings (SSSR count). The third-order valence-corrected chi connectivity index (χ3v) is 3.35. The fraction of sp³-hybridized carbons (Fsp3) is 0.385. The van der Waals surface area contributed by atoms with Crippen LogP contribution >= 0.6 is 12.6 Å². The van der Waals surface area contributed by atoms with Crippen LogP contribution in [0.1, 0.15) is 36.7 Å². The number of halogens is 3. The Kier molecular flexibility index (Phi) is 3.82. The van der Waals surface area contributed by atoms with Crippen molar-refractivity contribution in [1.29, 1.82) is 0 Å². The molecule has 0 spiro atoms. The van der Waals surface area contributed by atoms with E-state index in [1.807, 2.05) is 26.8 Å². The van der Waals surface area contributed by atoms with E-state index in [9.17, 15) is 13.2 Å². The molecule has 108 valence electrons. The van der Waals surface area contributed by atoms with Crippen LogP contribution in [0.5, 0.6) is 0 Å². The second kappa shape index (κ2) is 5.12. The number of hydrogen-bond acceptors (Lipinski definition) is 3. The van der Waals surface area contributed by atoms with Crippen molar-refractivity contribution in [3.63, 3.8) is 0 Å². The van der Waals surface area contributed by atoms with Crippen molar-refractivity contribution in [2.75, 3.05) is 0 Å². The summed E-state index contributed by atoms with van der Waals surface area (Å²) in [5, 5.41) is 3.47. The first-order chi connectivity index (χ1) is 9.20. The normalized spacial score (nSPS) is 12.2. The first-order valence-electron chi connectivity index (χ1n) is 6.03. The molecule has 0 aliphatic heterocycles. The highest BCUT2D eigenvalue weighted by Gasteiger charge is 2.36. The van der Waals surface area contributed by atoms with E-state index in [4.69, 9.17) is 0 Å². The van der Waals surface area contributed by atoms with Crippen LogP contribution in [0.15, 0.2) is 23.4 Å². The lowest BCUT2D eigenvalue weighted by atomic mass is 10.00. The number of nitrogens with zero attached hydrogens (tertiary/aromatic N) is 3. The molecular formula is C13H14F3N3S. The van der Waals surface area contributed by atoms with Gasteiger partial charge in [-0.25, -0.2) is 9.67 Å². The number of alkyl halides is 3. The van der Waals surface area contributed by atoms with Crippen molar-refractivity contribution in [2.24, 2.45) is 0 Å². The van der Waals surface area contributed by atoms with E-state index >= 15 is 0 Å². The van der Waals surface area contributed by atoms with Gasteiger partial charge in [0.25, 0.3) is 5.82 Å². The molecule has 0 unspecified atom stereocenters. The van der Waals surface area contributed by atoms with Gasteiger partial charge in [0.05, 0.1) is 5.69 Å². The Hall–Kier alpha value is -1.50. The van der Waals surface area contributed by atoms with Crippen molar-refractivity contribution < 1.29 is 13.2 Å². The van der Waals surface area contributed by atoms with Crippen molar-refractivity contribution in [3.8, 4) is 5.69 Å². The summed E-state index contributed by atoms with van der Waals surface area (Å²) >= 11 is 4.38. The number of rotatable bonds is 2. The number of hydrogen-bond donors (Lipinski definition) is 1. The fourth-order valence-electron chi connectivity index (χ4n) is 1.93. The SMILES string of the molecule is Cc1cc(C(C)C)c(S)cc1-n1cnc(C(F)(F)F)n1. The van der Waals surface area contributed by atoms with Gasteiger partial charge in [0.1, 0.15) is 6.33 Å². The molecule has 3 nitrogen and oxygen atoms in total. The number of thiol groups is 1. The maximum atomic E-state index is 12.5. The summed E-state index contributed by atoms with van der Waals surface area (Å²) in [6.45, 7) is 5.89. The molecule has 0 N–H and O–H groups in total. The van der Waals surface area contributed by atoms with Crippen molar-refractivity contribution in [2.45, 2.75) is 37.8 Å². The molecule has 0 bridgehead atoms. The molecule has 0 aliphatic carbocycles. The number of aromatic nitrogens is 3. The van der Waals surface area contributed by atoms with Gasteiger partial charge >= 0.3 is 6.18 Å².